The van der Waals surface area contributed by atoms with Crippen molar-refractivity contribution in [3.63, 3.8) is 0 Å². The van der Waals surface area contributed by atoms with Crippen LogP contribution in [0.3, 0.4) is 0 Å². The first-order valence-corrected chi connectivity index (χ1v) is 8.85. The molecule has 2 heterocycles. The van der Waals surface area contributed by atoms with Crippen molar-refractivity contribution in [2.45, 2.75) is 45.8 Å². The van der Waals surface area contributed by atoms with Gasteiger partial charge in [0.2, 0.25) is 5.88 Å². The molecule has 0 unspecified atom stereocenters. The van der Waals surface area contributed by atoms with Crippen LogP contribution in [0.25, 0.3) is 0 Å². The number of ether oxygens (including phenoxy) is 1. The van der Waals surface area contributed by atoms with Crippen LogP contribution in [-0.4, -0.2) is 27.1 Å². The second-order valence-electron chi connectivity index (χ2n) is 6.54. The van der Waals surface area contributed by atoms with E-state index in [1.165, 1.54) is 0 Å². The van der Waals surface area contributed by atoms with Gasteiger partial charge in [0.05, 0.1) is 16.8 Å². The molecule has 0 atom stereocenters. The number of alkyl halides is 3. The topological polar surface area (TPSA) is 59.9 Å². The molecule has 2 aromatic rings. The van der Waals surface area contributed by atoms with Gasteiger partial charge in [-0.2, -0.15) is 13.2 Å². The van der Waals surface area contributed by atoms with Crippen molar-refractivity contribution in [2.24, 2.45) is 0 Å². The molecule has 0 aliphatic rings. The molecule has 1 N–H and O–H groups in total. The lowest BCUT2D eigenvalue weighted by Gasteiger charge is -2.27. The highest BCUT2D eigenvalue weighted by Gasteiger charge is 2.32. The van der Waals surface area contributed by atoms with Gasteiger partial charge in [0, 0.05) is 6.20 Å². The van der Waals surface area contributed by atoms with E-state index in [9.17, 15) is 13.2 Å². The number of nitrogens with zero attached hydrogens (tertiary/aromatic N) is 3. The number of hydrogen-bond acceptors (Lipinski definition) is 5. The van der Waals surface area contributed by atoms with E-state index in [1.54, 1.807) is 6.92 Å². The quantitative estimate of drug-likeness (QED) is 0.680. The predicted molar refractivity (Wildman–Crippen MR) is 98.6 cm³/mol. The highest BCUT2D eigenvalue weighted by molar-refractivity contribution is 6.33. The number of hydrogen-bond donors (Lipinski definition) is 1. The number of aromatic nitrogens is 3. The summed E-state index contributed by atoms with van der Waals surface area (Å²) in [5, 5.41) is 3.37. The van der Waals surface area contributed by atoms with Crippen LogP contribution in [-0.2, 0) is 12.6 Å². The molecule has 0 bridgehead atoms. The molecule has 0 amide bonds. The van der Waals surface area contributed by atoms with Crippen molar-refractivity contribution < 1.29 is 17.9 Å². The zero-order chi connectivity index (χ0) is 20.4. The average Bonchev–Trinajstić information content (AvgIpc) is 2.55. The Balaban J connectivity index is 2.13. The highest BCUT2D eigenvalue weighted by Crippen LogP contribution is 2.33. The second-order valence-corrected chi connectivity index (χ2v) is 7.33. The van der Waals surface area contributed by atoms with Crippen molar-refractivity contribution in [3.8, 4) is 5.88 Å². The lowest BCUT2D eigenvalue weighted by molar-refractivity contribution is -0.137. The minimum absolute atomic E-state index is 0.0614. The number of nitrogens with one attached hydrogen (secondary N) is 1. The maximum absolute atomic E-state index is 12.7. The molecule has 0 saturated carbocycles. The van der Waals surface area contributed by atoms with E-state index in [-0.39, 0.29) is 17.5 Å². The Hall–Kier alpha value is -1.80. The third kappa shape index (κ3) is 5.59. The predicted octanol–water partition coefficient (Wildman–Crippen LogP) is 5.34. The third-order valence-corrected chi connectivity index (χ3v) is 4.20. The van der Waals surface area contributed by atoms with E-state index in [0.29, 0.717) is 29.3 Å². The molecular formula is C17H19Cl2F3N4O. The van der Waals surface area contributed by atoms with Crippen molar-refractivity contribution >= 4 is 29.0 Å². The van der Waals surface area contributed by atoms with Crippen molar-refractivity contribution in [1.29, 1.82) is 0 Å². The van der Waals surface area contributed by atoms with Gasteiger partial charge in [-0.05, 0) is 33.3 Å². The highest BCUT2D eigenvalue weighted by atomic mass is 35.5. The molecule has 10 heteroatoms. The van der Waals surface area contributed by atoms with Gasteiger partial charge in [-0.15, -0.1) is 0 Å². The Morgan fingerprint density at radius 2 is 1.85 bits per heavy atom. The Bertz CT molecular complexity index is 829. The minimum atomic E-state index is -4.52. The Morgan fingerprint density at radius 3 is 2.41 bits per heavy atom. The Morgan fingerprint density at radius 1 is 1.19 bits per heavy atom. The molecule has 0 aliphatic carbocycles. The lowest BCUT2D eigenvalue weighted by Crippen LogP contribution is -2.38. The molecule has 148 valence electrons. The number of pyridine rings is 1. The van der Waals surface area contributed by atoms with E-state index in [2.05, 4.69) is 20.3 Å². The summed E-state index contributed by atoms with van der Waals surface area (Å²) in [7, 11) is 0. The van der Waals surface area contributed by atoms with E-state index >= 15 is 0 Å². The summed E-state index contributed by atoms with van der Waals surface area (Å²) in [5.41, 5.74) is -0.883. The molecule has 2 aromatic heterocycles. The zero-order valence-electron chi connectivity index (χ0n) is 15.2. The van der Waals surface area contributed by atoms with E-state index < -0.39 is 17.3 Å². The molecule has 0 radical (unpaired) electrons. The van der Waals surface area contributed by atoms with Gasteiger partial charge in [-0.25, -0.2) is 15.0 Å². The monoisotopic (exact) mass is 422 g/mol. The largest absolute Gasteiger partial charge is 0.474 e. The van der Waals surface area contributed by atoms with Gasteiger partial charge in [-0.1, -0.05) is 30.1 Å². The Labute approximate surface area is 165 Å². The molecular weight excluding hydrogens is 404 g/mol. The first kappa shape index (κ1) is 21.5. The molecule has 2 rings (SSSR count). The fourth-order valence-corrected chi connectivity index (χ4v) is 2.71. The van der Waals surface area contributed by atoms with Crippen LogP contribution < -0.4 is 10.1 Å². The summed E-state index contributed by atoms with van der Waals surface area (Å²) in [6.07, 6.45) is -3.19. The van der Waals surface area contributed by atoms with Crippen LogP contribution in [0.2, 0.25) is 10.0 Å². The van der Waals surface area contributed by atoms with Gasteiger partial charge in [0.15, 0.2) is 0 Å². The normalized spacial score (nSPS) is 12.2. The molecule has 0 aliphatic heterocycles. The van der Waals surface area contributed by atoms with E-state index in [1.807, 2.05) is 20.8 Å². The number of halogens is 5. The van der Waals surface area contributed by atoms with E-state index in [0.717, 1.165) is 11.8 Å². The van der Waals surface area contributed by atoms with E-state index in [4.69, 9.17) is 27.9 Å². The summed E-state index contributed by atoms with van der Waals surface area (Å²) in [6.45, 7) is 7.40. The Kier molecular flexibility index (Phi) is 6.42. The molecule has 0 spiro atoms. The van der Waals surface area contributed by atoms with Gasteiger partial charge < -0.3 is 10.1 Å². The summed E-state index contributed by atoms with van der Waals surface area (Å²) in [6, 6.07) is 0.780. The zero-order valence-corrected chi connectivity index (χ0v) is 16.7. The molecule has 0 saturated heterocycles. The molecule has 5 nitrogen and oxygen atoms in total. The minimum Gasteiger partial charge on any atom is -0.474 e. The number of anilines is 1. The van der Waals surface area contributed by atoms with Crippen LogP contribution >= 0.6 is 23.2 Å². The molecule has 0 aromatic carbocycles. The average molecular weight is 423 g/mol. The standard InChI is InChI=1S/C17H19Cl2F3N4O/c1-5-12-13(19)14(25-9(2)24-12)26-16(3,4)8-27-15-11(18)6-10(7-23-15)17(20,21)22/h6-7H,5,8H2,1-4H3,(H,24,25,26). The molecule has 0 fully saturated rings. The maximum Gasteiger partial charge on any atom is 0.417 e. The van der Waals surface area contributed by atoms with Crippen LogP contribution in [0.1, 0.15) is 37.9 Å². The third-order valence-electron chi connectivity index (χ3n) is 3.53. The SMILES string of the molecule is CCc1nc(C)nc(NC(C)(C)COc2ncc(C(F)(F)F)cc2Cl)c1Cl. The van der Waals surface area contributed by atoms with Crippen LogP contribution in [0.15, 0.2) is 12.3 Å². The fraction of sp³-hybridized carbons (Fsp3) is 0.471. The summed E-state index contributed by atoms with van der Waals surface area (Å²) in [4.78, 5) is 12.2. The van der Waals surface area contributed by atoms with Gasteiger partial charge in [-0.3, -0.25) is 0 Å². The van der Waals surface area contributed by atoms with Gasteiger partial charge in [0.1, 0.15) is 28.3 Å². The first-order chi connectivity index (χ1) is 12.4. The molecule has 27 heavy (non-hydrogen) atoms. The number of rotatable bonds is 6. The summed E-state index contributed by atoms with van der Waals surface area (Å²) >= 11 is 12.2. The van der Waals surface area contributed by atoms with Crippen LogP contribution in [0.5, 0.6) is 5.88 Å². The van der Waals surface area contributed by atoms with Gasteiger partial charge in [0.25, 0.3) is 0 Å². The number of aryl methyl sites for hydroxylation is 2. The summed E-state index contributed by atoms with van der Waals surface area (Å²) < 4.78 is 43.5. The first-order valence-electron chi connectivity index (χ1n) is 8.09. The van der Waals surface area contributed by atoms with Crippen molar-refractivity contribution in [3.05, 3.63) is 39.4 Å². The lowest BCUT2D eigenvalue weighted by atomic mass is 10.1. The van der Waals surface area contributed by atoms with Crippen LogP contribution in [0.4, 0.5) is 19.0 Å². The van der Waals surface area contributed by atoms with Crippen LogP contribution in [0, 0.1) is 6.92 Å². The van der Waals surface area contributed by atoms with Crippen molar-refractivity contribution in [2.75, 3.05) is 11.9 Å². The smallest absolute Gasteiger partial charge is 0.417 e. The van der Waals surface area contributed by atoms with Gasteiger partial charge >= 0.3 is 6.18 Å². The fourth-order valence-electron chi connectivity index (χ4n) is 2.23. The maximum atomic E-state index is 12.7. The second kappa shape index (κ2) is 8.06. The summed E-state index contributed by atoms with van der Waals surface area (Å²) in [5.74, 6) is 0.947. The van der Waals surface area contributed by atoms with Crippen molar-refractivity contribution in [1.82, 2.24) is 15.0 Å².